The van der Waals surface area contributed by atoms with Crippen molar-refractivity contribution in [2.75, 3.05) is 26.3 Å². The van der Waals surface area contributed by atoms with Crippen molar-refractivity contribution in [3.63, 3.8) is 0 Å². The van der Waals surface area contributed by atoms with Crippen LogP contribution >= 0.6 is 0 Å². The average Bonchev–Trinajstić information content (AvgIpc) is 2.83. The minimum atomic E-state index is -3.08. The number of rotatable bonds is 4. The van der Waals surface area contributed by atoms with Gasteiger partial charge in [-0.3, -0.25) is 0 Å². The molecule has 0 bridgehead atoms. The SMILES string of the molecule is O=S(=O)(C1CCOC1)N1CCC(CC2CC2)C1. The number of hydrogen-bond acceptors (Lipinski definition) is 3. The first kappa shape index (κ1) is 11.9. The standard InChI is InChI=1S/C12H21NO3S/c14-17(15,12-4-6-16-9-12)13-5-3-11(8-13)7-10-1-2-10/h10-12H,1-9H2. The highest BCUT2D eigenvalue weighted by atomic mass is 32.2. The third-order valence-electron chi connectivity index (χ3n) is 4.28. The Labute approximate surface area is 103 Å². The normalized spacial score (nSPS) is 35.5. The number of hydrogen-bond donors (Lipinski definition) is 0. The fourth-order valence-electron chi connectivity index (χ4n) is 3.00. The van der Waals surface area contributed by atoms with Crippen molar-refractivity contribution in [2.24, 2.45) is 11.8 Å². The molecule has 0 amide bonds. The van der Waals surface area contributed by atoms with Gasteiger partial charge >= 0.3 is 0 Å². The Hall–Kier alpha value is -0.130. The van der Waals surface area contributed by atoms with Gasteiger partial charge in [0.05, 0.1) is 6.61 Å². The third kappa shape index (κ3) is 2.51. The molecule has 0 aromatic carbocycles. The quantitative estimate of drug-likeness (QED) is 0.763. The Morgan fingerprint density at radius 1 is 1.12 bits per heavy atom. The topological polar surface area (TPSA) is 46.6 Å². The van der Waals surface area contributed by atoms with Crippen LogP contribution in [0, 0.1) is 11.8 Å². The Morgan fingerprint density at radius 3 is 2.59 bits per heavy atom. The smallest absolute Gasteiger partial charge is 0.219 e. The molecular weight excluding hydrogens is 238 g/mol. The van der Waals surface area contributed by atoms with Crippen LogP contribution in [-0.2, 0) is 14.8 Å². The van der Waals surface area contributed by atoms with Gasteiger partial charge in [-0.05, 0) is 31.1 Å². The maximum absolute atomic E-state index is 12.3. The van der Waals surface area contributed by atoms with Crippen molar-refractivity contribution >= 4 is 10.0 Å². The summed E-state index contributed by atoms with van der Waals surface area (Å²) in [4.78, 5) is 0. The van der Waals surface area contributed by atoms with Crippen molar-refractivity contribution in [3.05, 3.63) is 0 Å². The van der Waals surface area contributed by atoms with Gasteiger partial charge in [0.15, 0.2) is 0 Å². The van der Waals surface area contributed by atoms with Crippen LogP contribution in [0.1, 0.15) is 32.1 Å². The van der Waals surface area contributed by atoms with E-state index in [9.17, 15) is 8.42 Å². The van der Waals surface area contributed by atoms with E-state index in [2.05, 4.69) is 0 Å². The summed E-state index contributed by atoms with van der Waals surface area (Å²) in [5, 5.41) is -0.276. The lowest BCUT2D eigenvalue weighted by Gasteiger charge is -2.20. The molecule has 2 unspecified atom stereocenters. The first-order chi connectivity index (χ1) is 8.16. The number of ether oxygens (including phenoxy) is 1. The monoisotopic (exact) mass is 259 g/mol. The highest BCUT2D eigenvalue weighted by molar-refractivity contribution is 7.89. The summed E-state index contributed by atoms with van der Waals surface area (Å²) in [7, 11) is -3.08. The van der Waals surface area contributed by atoms with Crippen LogP contribution in [0.3, 0.4) is 0 Å². The molecule has 0 aromatic heterocycles. The molecule has 2 saturated heterocycles. The van der Waals surface area contributed by atoms with E-state index >= 15 is 0 Å². The molecule has 0 aromatic rings. The van der Waals surface area contributed by atoms with Gasteiger partial charge in [0.25, 0.3) is 0 Å². The molecule has 3 fully saturated rings. The van der Waals surface area contributed by atoms with Crippen LogP contribution < -0.4 is 0 Å². The summed E-state index contributed by atoms with van der Waals surface area (Å²) < 4.78 is 31.6. The van der Waals surface area contributed by atoms with Gasteiger partial charge < -0.3 is 4.74 Å². The van der Waals surface area contributed by atoms with Gasteiger partial charge in [0, 0.05) is 19.7 Å². The van der Waals surface area contributed by atoms with E-state index in [1.54, 1.807) is 4.31 Å². The Bertz CT molecular complexity index is 371. The van der Waals surface area contributed by atoms with Gasteiger partial charge in [-0.1, -0.05) is 12.8 Å². The van der Waals surface area contributed by atoms with Gasteiger partial charge in [-0.15, -0.1) is 0 Å². The highest BCUT2D eigenvalue weighted by Gasteiger charge is 2.39. The predicted molar refractivity (Wildman–Crippen MR) is 65.2 cm³/mol. The van der Waals surface area contributed by atoms with Gasteiger partial charge in [0.1, 0.15) is 5.25 Å². The van der Waals surface area contributed by atoms with Crippen LogP contribution in [0.15, 0.2) is 0 Å². The van der Waals surface area contributed by atoms with Gasteiger partial charge in [0.2, 0.25) is 10.0 Å². The summed E-state index contributed by atoms with van der Waals surface area (Å²) in [6.07, 6.45) is 5.70. The fraction of sp³-hybridized carbons (Fsp3) is 1.00. The first-order valence-corrected chi connectivity index (χ1v) is 8.23. The molecule has 2 heterocycles. The molecule has 1 saturated carbocycles. The molecule has 17 heavy (non-hydrogen) atoms. The minimum Gasteiger partial charge on any atom is -0.380 e. The number of nitrogens with zero attached hydrogens (tertiary/aromatic N) is 1. The zero-order valence-electron chi connectivity index (χ0n) is 10.2. The summed E-state index contributed by atoms with van der Waals surface area (Å²) in [5.74, 6) is 1.51. The lowest BCUT2D eigenvalue weighted by Crippen LogP contribution is -2.37. The second-order valence-corrected chi connectivity index (χ2v) is 7.94. The second kappa shape index (κ2) is 4.52. The van der Waals surface area contributed by atoms with Crippen LogP contribution in [0.4, 0.5) is 0 Å². The Kier molecular flexibility index (Phi) is 3.17. The molecule has 3 aliphatic rings. The van der Waals surface area contributed by atoms with E-state index in [-0.39, 0.29) is 5.25 Å². The molecule has 0 N–H and O–H groups in total. The maximum atomic E-state index is 12.3. The lowest BCUT2D eigenvalue weighted by atomic mass is 10.0. The lowest BCUT2D eigenvalue weighted by molar-refractivity contribution is 0.198. The molecule has 98 valence electrons. The van der Waals surface area contributed by atoms with E-state index < -0.39 is 10.0 Å². The Morgan fingerprint density at radius 2 is 1.94 bits per heavy atom. The molecule has 2 atom stereocenters. The largest absolute Gasteiger partial charge is 0.380 e. The van der Waals surface area contributed by atoms with Gasteiger partial charge in [-0.25, -0.2) is 12.7 Å². The molecule has 4 nitrogen and oxygen atoms in total. The zero-order valence-corrected chi connectivity index (χ0v) is 11.0. The van der Waals surface area contributed by atoms with Crippen LogP contribution in [-0.4, -0.2) is 44.3 Å². The number of sulfonamides is 1. The molecule has 2 aliphatic heterocycles. The van der Waals surface area contributed by atoms with Crippen molar-refractivity contribution in [1.29, 1.82) is 0 Å². The van der Waals surface area contributed by atoms with E-state index in [0.717, 1.165) is 25.4 Å². The third-order valence-corrected chi connectivity index (χ3v) is 6.55. The minimum absolute atomic E-state index is 0.276. The first-order valence-electron chi connectivity index (χ1n) is 6.73. The highest BCUT2D eigenvalue weighted by Crippen LogP contribution is 2.38. The molecule has 0 radical (unpaired) electrons. The van der Waals surface area contributed by atoms with Crippen molar-refractivity contribution in [1.82, 2.24) is 4.31 Å². The van der Waals surface area contributed by atoms with Crippen LogP contribution in [0.5, 0.6) is 0 Å². The van der Waals surface area contributed by atoms with Crippen molar-refractivity contribution in [3.8, 4) is 0 Å². The van der Waals surface area contributed by atoms with Crippen LogP contribution in [0.25, 0.3) is 0 Å². The second-order valence-electron chi connectivity index (χ2n) is 5.72. The summed E-state index contributed by atoms with van der Waals surface area (Å²) in [6, 6.07) is 0. The predicted octanol–water partition coefficient (Wildman–Crippen LogP) is 1.23. The summed E-state index contributed by atoms with van der Waals surface area (Å²) >= 11 is 0. The van der Waals surface area contributed by atoms with E-state index in [1.807, 2.05) is 0 Å². The molecular formula is C12H21NO3S. The van der Waals surface area contributed by atoms with E-state index in [1.165, 1.54) is 19.3 Å². The van der Waals surface area contributed by atoms with Crippen molar-refractivity contribution in [2.45, 2.75) is 37.4 Å². The van der Waals surface area contributed by atoms with E-state index in [4.69, 9.17) is 4.74 Å². The van der Waals surface area contributed by atoms with E-state index in [0.29, 0.717) is 25.6 Å². The maximum Gasteiger partial charge on any atom is 0.219 e. The molecule has 5 heteroatoms. The summed E-state index contributed by atoms with van der Waals surface area (Å²) in [5.41, 5.74) is 0. The zero-order chi connectivity index (χ0) is 11.9. The van der Waals surface area contributed by atoms with Gasteiger partial charge in [-0.2, -0.15) is 0 Å². The fourth-order valence-corrected chi connectivity index (χ4v) is 4.87. The Balaban J connectivity index is 1.60. The average molecular weight is 259 g/mol. The molecule has 1 aliphatic carbocycles. The summed E-state index contributed by atoms with van der Waals surface area (Å²) in [6.45, 7) is 2.49. The van der Waals surface area contributed by atoms with Crippen molar-refractivity contribution < 1.29 is 13.2 Å². The molecule has 3 rings (SSSR count). The van der Waals surface area contributed by atoms with Crippen LogP contribution in [0.2, 0.25) is 0 Å². The molecule has 0 spiro atoms.